The maximum absolute atomic E-state index is 7.56. The van der Waals surface area contributed by atoms with Gasteiger partial charge in [0.15, 0.2) is 0 Å². The maximum atomic E-state index is 7.56. The minimum absolute atomic E-state index is 0. The zero-order chi connectivity index (χ0) is 4.28. The van der Waals surface area contributed by atoms with Gasteiger partial charge in [0.05, 0.1) is 0 Å². The zero-order valence-electron chi connectivity index (χ0n) is 2.26. The molecule has 0 aromatic heterocycles. The van der Waals surface area contributed by atoms with Crippen molar-refractivity contribution in [2.45, 2.75) is 0 Å². The summed E-state index contributed by atoms with van der Waals surface area (Å²) in [4.78, 5) is 0. The van der Waals surface area contributed by atoms with Gasteiger partial charge in [-0.2, -0.15) is 0 Å². The van der Waals surface area contributed by atoms with E-state index in [1.54, 1.807) is 0 Å². The van der Waals surface area contributed by atoms with E-state index in [9.17, 15) is 0 Å². The monoisotopic (exact) mass is 230 g/mol. The Morgan fingerprint density at radius 1 is 1.50 bits per heavy atom. The Kier molecular flexibility index (Phi) is 13.5. The van der Waals surface area contributed by atoms with Gasteiger partial charge in [0, 0.05) is 11.9 Å². The quantitative estimate of drug-likeness (QED) is 0.538. The third-order valence-corrected chi connectivity index (χ3v) is 0.239. The summed E-state index contributed by atoms with van der Waals surface area (Å²) in [5, 5.41) is 15.1. The summed E-state index contributed by atoms with van der Waals surface area (Å²) in [7, 11) is -1.85. The average Bonchev–Trinajstić information content (AvgIpc) is 1.38. The summed E-state index contributed by atoms with van der Waals surface area (Å²) in [6.07, 6.45) is 0. The molecule has 0 heterocycles. The summed E-state index contributed by atoms with van der Waals surface area (Å²) in [5.74, 6) is 0. The van der Waals surface area contributed by atoms with Crippen LogP contribution in [0.3, 0.4) is 0 Å². The fraction of sp³-hybridized carbons (Fsp3) is 0. The molecular weight excluding hydrogens is 227 g/mol. The van der Waals surface area contributed by atoms with Crippen molar-refractivity contribution in [2.75, 3.05) is 0 Å². The fourth-order valence-corrected chi connectivity index (χ4v) is 0. The molecule has 0 aliphatic rings. The van der Waals surface area contributed by atoms with E-state index in [0.717, 1.165) is 0 Å². The molecule has 0 rings (SSSR count). The van der Waals surface area contributed by atoms with Crippen molar-refractivity contribution < 1.29 is 14.3 Å². The summed E-state index contributed by atoms with van der Waals surface area (Å²) >= 11 is 4.34. The Balaban J connectivity index is 0. The first-order chi connectivity index (χ1) is 2.27. The first-order valence-corrected chi connectivity index (χ1v) is 1.22. The summed E-state index contributed by atoms with van der Waals surface area (Å²) < 4.78 is 3.33. The molecule has 0 radical (unpaired) electrons. The van der Waals surface area contributed by atoms with E-state index in [1.807, 2.05) is 0 Å². The van der Waals surface area contributed by atoms with E-state index in [-0.39, 0.29) is 68.9 Å². The Hall–Kier alpha value is 2.29. The van der Waals surface area contributed by atoms with Crippen LogP contribution in [0.25, 0.3) is 0 Å². The molecular formula is H3BClCsO3. The molecule has 6 heteroatoms. The molecule has 0 amide bonds. The van der Waals surface area contributed by atoms with Crippen LogP contribution in [0.15, 0.2) is 0 Å². The second-order valence-corrected chi connectivity index (χ2v) is 0.594. The topological polar surface area (TPSA) is 49.7 Å². The minimum atomic E-state index is -1.85. The van der Waals surface area contributed by atoms with Gasteiger partial charge in [-0.25, -0.2) is 0 Å². The van der Waals surface area contributed by atoms with Gasteiger partial charge in [-0.1, -0.05) is 0 Å². The van der Waals surface area contributed by atoms with E-state index in [4.69, 9.17) is 10.0 Å². The molecule has 0 fully saturated rings. The number of hydrogen-bond acceptors (Lipinski definition) is 3. The van der Waals surface area contributed by atoms with Gasteiger partial charge in [0.1, 0.15) is 0 Å². The molecule has 0 aromatic rings. The molecule has 0 aliphatic carbocycles. The van der Waals surface area contributed by atoms with Crippen LogP contribution in [-0.2, 0) is 4.21 Å². The Morgan fingerprint density at radius 2 is 1.67 bits per heavy atom. The van der Waals surface area contributed by atoms with Crippen LogP contribution in [0.5, 0.6) is 0 Å². The molecule has 0 bridgehead atoms. The van der Waals surface area contributed by atoms with Crippen molar-refractivity contribution in [3.8, 4) is 0 Å². The van der Waals surface area contributed by atoms with E-state index in [0.29, 0.717) is 0 Å². The van der Waals surface area contributed by atoms with Crippen LogP contribution >= 0.6 is 11.9 Å². The van der Waals surface area contributed by atoms with Gasteiger partial charge in [-0.15, -0.1) is 0 Å². The second-order valence-electron chi connectivity index (χ2n) is 0.415. The molecule has 2 N–H and O–H groups in total. The first-order valence-electron chi connectivity index (χ1n) is 0.906. The van der Waals surface area contributed by atoms with Crippen LogP contribution in [0, 0.1) is 0 Å². The van der Waals surface area contributed by atoms with E-state index in [1.165, 1.54) is 0 Å². The number of halogens is 1. The summed E-state index contributed by atoms with van der Waals surface area (Å²) in [6, 6.07) is 0. The van der Waals surface area contributed by atoms with E-state index >= 15 is 0 Å². The standard InChI is InChI=1S/BClH2O3.Cs.H/c2-5-1(3)4;;/h3-4H;;. The van der Waals surface area contributed by atoms with Crippen LogP contribution < -0.4 is 0 Å². The average molecular weight is 230 g/mol. The predicted molar refractivity (Wildman–Crippen MR) is 24.3 cm³/mol. The van der Waals surface area contributed by atoms with Gasteiger partial charge in [0.2, 0.25) is 0 Å². The molecule has 6 heavy (non-hydrogen) atoms. The molecule has 0 saturated heterocycles. The normalized spacial score (nSPS) is 6.50. The molecule has 0 aromatic carbocycles. The van der Waals surface area contributed by atoms with Crippen LogP contribution in [-0.4, -0.2) is 86.3 Å². The second kappa shape index (κ2) is 7.29. The summed E-state index contributed by atoms with van der Waals surface area (Å²) in [6.45, 7) is 0. The fourth-order valence-electron chi connectivity index (χ4n) is 0. The molecule has 0 aliphatic heterocycles. The van der Waals surface area contributed by atoms with Crippen LogP contribution in [0.2, 0.25) is 0 Å². The first kappa shape index (κ1) is 11.1. The molecule has 0 unspecified atom stereocenters. The van der Waals surface area contributed by atoms with Crippen LogP contribution in [0.4, 0.5) is 0 Å². The molecule has 3 nitrogen and oxygen atoms in total. The third-order valence-electron chi connectivity index (χ3n) is 0.0797. The van der Waals surface area contributed by atoms with Crippen LogP contribution in [0.1, 0.15) is 0 Å². The van der Waals surface area contributed by atoms with Gasteiger partial charge >= 0.3 is 76.2 Å². The van der Waals surface area contributed by atoms with E-state index < -0.39 is 7.32 Å². The van der Waals surface area contributed by atoms with E-state index in [2.05, 4.69) is 16.1 Å². The van der Waals surface area contributed by atoms with Crippen molar-refractivity contribution in [3.63, 3.8) is 0 Å². The van der Waals surface area contributed by atoms with Crippen molar-refractivity contribution in [3.05, 3.63) is 0 Å². The van der Waals surface area contributed by atoms with Crippen molar-refractivity contribution in [1.82, 2.24) is 0 Å². The molecule has 0 saturated carbocycles. The zero-order valence-corrected chi connectivity index (χ0v) is 3.01. The van der Waals surface area contributed by atoms with Gasteiger partial charge in [0.25, 0.3) is 0 Å². The Bertz CT molecular complexity index is 24.8. The van der Waals surface area contributed by atoms with Gasteiger partial charge < -0.3 is 10.0 Å². The van der Waals surface area contributed by atoms with Gasteiger partial charge in [-0.05, 0) is 0 Å². The SMILES string of the molecule is OB(O)OCl.[CsH]. The number of rotatable bonds is 1. The third kappa shape index (κ3) is 9.56. The Morgan fingerprint density at radius 3 is 1.67 bits per heavy atom. The van der Waals surface area contributed by atoms with Gasteiger partial charge in [-0.3, -0.25) is 4.21 Å². The Labute approximate surface area is 99.8 Å². The predicted octanol–water partition coefficient (Wildman–Crippen LogP) is -1.52. The van der Waals surface area contributed by atoms with Crippen molar-refractivity contribution >= 4 is 88.1 Å². The van der Waals surface area contributed by atoms with Crippen molar-refractivity contribution in [1.29, 1.82) is 0 Å². The molecule has 32 valence electrons. The summed E-state index contributed by atoms with van der Waals surface area (Å²) in [5.41, 5.74) is 0. The van der Waals surface area contributed by atoms with Crippen molar-refractivity contribution in [2.24, 2.45) is 0 Å². The molecule has 0 spiro atoms. The number of hydrogen-bond donors (Lipinski definition) is 2. The molecule has 0 atom stereocenters.